The molecule has 104 valence electrons. The molecule has 0 N–H and O–H groups in total. The first-order chi connectivity index (χ1) is 8.93. The summed E-state index contributed by atoms with van der Waals surface area (Å²) in [7, 11) is -1.90. The maximum atomic E-state index is 12.3. The molecule has 0 aromatic carbocycles. The van der Waals surface area contributed by atoms with E-state index >= 15 is 0 Å². The third-order valence-corrected chi connectivity index (χ3v) is 6.90. The molecule has 0 spiro atoms. The van der Waals surface area contributed by atoms with Gasteiger partial charge in [-0.1, -0.05) is 0 Å². The Morgan fingerprint density at radius 2 is 2.11 bits per heavy atom. The van der Waals surface area contributed by atoms with Crippen molar-refractivity contribution in [3.63, 3.8) is 0 Å². The first kappa shape index (κ1) is 14.9. The summed E-state index contributed by atoms with van der Waals surface area (Å²) in [5, 5.41) is 4.57. The SMILES string of the molecule is Cc1nc(CN(C)S(=O)(=O)c2cc(CCl)cs2)cs1. The van der Waals surface area contributed by atoms with Crippen LogP contribution in [0, 0.1) is 6.92 Å². The van der Waals surface area contributed by atoms with Crippen LogP contribution < -0.4 is 0 Å². The van der Waals surface area contributed by atoms with E-state index < -0.39 is 10.0 Å². The Hall–Kier alpha value is -0.470. The average Bonchev–Trinajstić information content (AvgIpc) is 2.98. The van der Waals surface area contributed by atoms with E-state index in [1.165, 1.54) is 27.0 Å². The Bertz CT molecular complexity index is 663. The molecule has 2 aromatic heterocycles. The summed E-state index contributed by atoms with van der Waals surface area (Å²) in [6.45, 7) is 2.18. The molecule has 2 aromatic rings. The molecule has 0 saturated heterocycles. The summed E-state index contributed by atoms with van der Waals surface area (Å²) in [5.74, 6) is 0.320. The van der Waals surface area contributed by atoms with Crippen molar-refractivity contribution in [2.24, 2.45) is 0 Å². The lowest BCUT2D eigenvalue weighted by molar-refractivity contribution is 0.464. The normalized spacial score (nSPS) is 12.2. The molecule has 2 heterocycles. The maximum Gasteiger partial charge on any atom is 0.252 e. The molecule has 0 atom stereocenters. The van der Waals surface area contributed by atoms with Crippen molar-refractivity contribution in [2.45, 2.75) is 23.6 Å². The molecule has 0 radical (unpaired) electrons. The number of halogens is 1. The van der Waals surface area contributed by atoms with Crippen LogP contribution in [0.2, 0.25) is 0 Å². The second-order valence-electron chi connectivity index (χ2n) is 4.03. The summed E-state index contributed by atoms with van der Waals surface area (Å²) in [4.78, 5) is 4.27. The van der Waals surface area contributed by atoms with Crippen LogP contribution in [0.25, 0.3) is 0 Å². The minimum Gasteiger partial charge on any atom is -0.245 e. The molecular weight excluding hydrogens is 324 g/mol. The van der Waals surface area contributed by atoms with Gasteiger partial charge in [-0.25, -0.2) is 13.4 Å². The highest BCUT2D eigenvalue weighted by Gasteiger charge is 2.23. The van der Waals surface area contributed by atoms with E-state index in [1.807, 2.05) is 12.3 Å². The number of hydrogen-bond donors (Lipinski definition) is 0. The Morgan fingerprint density at radius 3 is 2.63 bits per heavy atom. The van der Waals surface area contributed by atoms with Gasteiger partial charge in [0.1, 0.15) is 4.21 Å². The molecule has 0 aliphatic carbocycles. The molecule has 0 unspecified atom stereocenters. The number of aryl methyl sites for hydroxylation is 1. The van der Waals surface area contributed by atoms with Crippen LogP contribution >= 0.6 is 34.3 Å². The monoisotopic (exact) mass is 336 g/mol. The van der Waals surface area contributed by atoms with E-state index in [1.54, 1.807) is 18.5 Å². The molecule has 0 aliphatic rings. The highest BCUT2D eigenvalue weighted by Crippen LogP contribution is 2.25. The van der Waals surface area contributed by atoms with Gasteiger partial charge in [-0.2, -0.15) is 4.31 Å². The molecule has 8 heteroatoms. The third-order valence-electron chi connectivity index (χ3n) is 2.50. The van der Waals surface area contributed by atoms with Gasteiger partial charge in [0, 0.05) is 18.3 Å². The van der Waals surface area contributed by atoms with Crippen molar-refractivity contribution >= 4 is 44.3 Å². The Labute approximate surface area is 125 Å². The number of sulfonamides is 1. The van der Waals surface area contributed by atoms with Gasteiger partial charge in [0.25, 0.3) is 10.0 Å². The van der Waals surface area contributed by atoms with Gasteiger partial charge >= 0.3 is 0 Å². The fourth-order valence-corrected chi connectivity index (χ4v) is 4.92. The Morgan fingerprint density at radius 1 is 1.37 bits per heavy atom. The number of hydrogen-bond acceptors (Lipinski definition) is 5. The van der Waals surface area contributed by atoms with Crippen molar-refractivity contribution in [3.8, 4) is 0 Å². The van der Waals surface area contributed by atoms with Crippen LogP contribution in [0.15, 0.2) is 21.0 Å². The van der Waals surface area contributed by atoms with Gasteiger partial charge in [-0.05, 0) is 23.9 Å². The standard InChI is InChI=1S/C11H13ClN2O2S3/c1-8-13-10(7-17-8)5-14(2)19(15,16)11-3-9(4-12)6-18-11/h3,6-7H,4-5H2,1-2H3. The zero-order valence-corrected chi connectivity index (χ0v) is 13.7. The lowest BCUT2D eigenvalue weighted by Crippen LogP contribution is -2.26. The van der Waals surface area contributed by atoms with Crippen molar-refractivity contribution in [3.05, 3.63) is 33.1 Å². The first-order valence-corrected chi connectivity index (χ1v) is 9.17. The molecule has 0 amide bonds. The topological polar surface area (TPSA) is 50.3 Å². The fourth-order valence-electron chi connectivity index (χ4n) is 1.51. The van der Waals surface area contributed by atoms with Crippen LogP contribution in [-0.4, -0.2) is 24.8 Å². The van der Waals surface area contributed by atoms with E-state index in [4.69, 9.17) is 11.6 Å². The number of rotatable bonds is 5. The van der Waals surface area contributed by atoms with Crippen LogP contribution in [-0.2, 0) is 22.4 Å². The first-order valence-electron chi connectivity index (χ1n) is 5.44. The van der Waals surface area contributed by atoms with E-state index in [-0.39, 0.29) is 6.54 Å². The van der Waals surface area contributed by atoms with Gasteiger partial charge in [-0.15, -0.1) is 34.3 Å². The highest BCUT2D eigenvalue weighted by atomic mass is 35.5. The summed E-state index contributed by atoms with van der Waals surface area (Å²) < 4.78 is 26.3. The van der Waals surface area contributed by atoms with Crippen molar-refractivity contribution < 1.29 is 8.42 Å². The smallest absolute Gasteiger partial charge is 0.245 e. The largest absolute Gasteiger partial charge is 0.252 e. The van der Waals surface area contributed by atoms with Crippen LogP contribution in [0.4, 0.5) is 0 Å². The van der Waals surface area contributed by atoms with Crippen molar-refractivity contribution in [1.29, 1.82) is 0 Å². The number of alkyl halides is 1. The van der Waals surface area contributed by atoms with E-state index in [0.29, 0.717) is 10.1 Å². The van der Waals surface area contributed by atoms with Gasteiger partial charge in [0.05, 0.1) is 17.2 Å². The number of thiophene rings is 1. The molecule has 0 saturated carbocycles. The summed E-state index contributed by atoms with van der Waals surface area (Å²) in [6, 6.07) is 1.62. The van der Waals surface area contributed by atoms with Gasteiger partial charge in [-0.3, -0.25) is 0 Å². The molecule has 0 aliphatic heterocycles. The quantitative estimate of drug-likeness (QED) is 0.788. The van der Waals surface area contributed by atoms with Gasteiger partial charge < -0.3 is 0 Å². The second-order valence-corrected chi connectivity index (χ2v) is 8.54. The van der Waals surface area contributed by atoms with Crippen LogP contribution in [0.5, 0.6) is 0 Å². The summed E-state index contributed by atoms with van der Waals surface area (Å²) in [5.41, 5.74) is 1.59. The van der Waals surface area contributed by atoms with E-state index in [2.05, 4.69) is 4.98 Å². The Balaban J connectivity index is 2.19. The zero-order chi connectivity index (χ0) is 14.0. The highest BCUT2D eigenvalue weighted by molar-refractivity contribution is 7.91. The number of thiazole rings is 1. The van der Waals surface area contributed by atoms with E-state index in [0.717, 1.165) is 16.3 Å². The minimum atomic E-state index is -3.46. The second kappa shape index (κ2) is 5.88. The molecule has 0 bridgehead atoms. The molecular formula is C11H13ClN2O2S3. The third kappa shape index (κ3) is 3.35. The Kier molecular flexibility index (Phi) is 4.62. The molecule has 19 heavy (non-hydrogen) atoms. The number of nitrogens with zero attached hydrogens (tertiary/aromatic N) is 2. The fraction of sp³-hybridized carbons (Fsp3) is 0.364. The lowest BCUT2D eigenvalue weighted by atomic mass is 10.4. The molecule has 0 fully saturated rings. The summed E-state index contributed by atoms with van der Waals surface area (Å²) in [6.07, 6.45) is 0. The predicted molar refractivity (Wildman–Crippen MR) is 79.4 cm³/mol. The zero-order valence-electron chi connectivity index (χ0n) is 10.5. The summed E-state index contributed by atoms with van der Waals surface area (Å²) >= 11 is 8.40. The van der Waals surface area contributed by atoms with Gasteiger partial charge in [0.2, 0.25) is 0 Å². The van der Waals surface area contributed by atoms with Crippen molar-refractivity contribution in [2.75, 3.05) is 7.05 Å². The predicted octanol–water partition coefficient (Wildman–Crippen LogP) is 3.07. The number of aromatic nitrogens is 1. The van der Waals surface area contributed by atoms with Crippen LogP contribution in [0.3, 0.4) is 0 Å². The van der Waals surface area contributed by atoms with Crippen molar-refractivity contribution in [1.82, 2.24) is 9.29 Å². The lowest BCUT2D eigenvalue weighted by Gasteiger charge is -2.14. The average molecular weight is 337 g/mol. The minimum absolute atomic E-state index is 0.279. The van der Waals surface area contributed by atoms with E-state index in [9.17, 15) is 8.42 Å². The molecule has 2 rings (SSSR count). The van der Waals surface area contributed by atoms with Gasteiger partial charge in [0.15, 0.2) is 0 Å². The molecule has 4 nitrogen and oxygen atoms in total. The maximum absolute atomic E-state index is 12.3. The van der Waals surface area contributed by atoms with Crippen LogP contribution in [0.1, 0.15) is 16.3 Å².